The van der Waals surface area contributed by atoms with E-state index in [0.29, 0.717) is 0 Å². The first-order chi connectivity index (χ1) is 8.37. The third kappa shape index (κ3) is 2.87. The summed E-state index contributed by atoms with van der Waals surface area (Å²) in [4.78, 5) is 24.4. The number of ether oxygens (including phenoxy) is 1. The maximum Gasteiger partial charge on any atom is 0.330 e. The van der Waals surface area contributed by atoms with Gasteiger partial charge in [-0.05, 0) is 6.92 Å². The molecule has 0 aliphatic carbocycles. The Balaban J connectivity index is 0.00000180. The predicted octanol–water partition coefficient (Wildman–Crippen LogP) is -1.49. The fourth-order valence-corrected chi connectivity index (χ4v) is 1.97. The fraction of sp³-hybridized carbons (Fsp3) is 0.600. The fourth-order valence-electron chi connectivity index (χ4n) is 1.97. The summed E-state index contributed by atoms with van der Waals surface area (Å²) in [5.74, 6) is 0. The van der Waals surface area contributed by atoms with Crippen molar-refractivity contribution in [2.75, 3.05) is 6.61 Å². The zero-order valence-corrected chi connectivity index (χ0v) is 13.0. The second-order valence-corrected chi connectivity index (χ2v) is 4.32. The quantitative estimate of drug-likeness (QED) is 0.604. The number of aliphatic hydroxyl groups is 2. The van der Waals surface area contributed by atoms with Crippen LogP contribution in [0.1, 0.15) is 13.2 Å². The predicted molar refractivity (Wildman–Crippen MR) is 57.8 cm³/mol. The molecule has 0 saturated carbocycles. The second kappa shape index (κ2) is 5.93. The molecule has 7 nitrogen and oxygen atoms in total. The van der Waals surface area contributed by atoms with Gasteiger partial charge in [-0.1, -0.05) is 0 Å². The zero-order valence-electron chi connectivity index (χ0n) is 10.1. The van der Waals surface area contributed by atoms with Crippen molar-refractivity contribution >= 4 is 0 Å². The summed E-state index contributed by atoms with van der Waals surface area (Å²) in [6.45, 7) is 0.491. The SMILES string of the molecule is C[C@]1(F)C(O)[C@@H](CO)O[C@H]1n1ccc(=O)[nH]c1=O.[Y]. The van der Waals surface area contributed by atoms with Crippen LogP contribution in [0.4, 0.5) is 4.39 Å². The van der Waals surface area contributed by atoms with E-state index in [-0.39, 0.29) is 32.7 Å². The molecule has 2 rings (SSSR count). The van der Waals surface area contributed by atoms with Crippen molar-refractivity contribution in [3.8, 4) is 0 Å². The van der Waals surface area contributed by atoms with Crippen LogP contribution in [-0.2, 0) is 37.4 Å². The van der Waals surface area contributed by atoms with Crippen LogP contribution >= 0.6 is 0 Å². The zero-order chi connectivity index (χ0) is 13.5. The molecule has 1 aromatic heterocycles. The van der Waals surface area contributed by atoms with Crippen LogP contribution in [0.5, 0.6) is 0 Å². The van der Waals surface area contributed by atoms with Crippen molar-refractivity contribution in [1.29, 1.82) is 0 Å². The van der Waals surface area contributed by atoms with Crippen LogP contribution in [0, 0.1) is 0 Å². The summed E-state index contributed by atoms with van der Waals surface area (Å²) in [5.41, 5.74) is -3.72. The van der Waals surface area contributed by atoms with Crippen LogP contribution in [-0.4, -0.2) is 44.2 Å². The van der Waals surface area contributed by atoms with Gasteiger partial charge in [0.05, 0.1) is 6.61 Å². The molecule has 0 spiro atoms. The number of aliphatic hydroxyl groups excluding tert-OH is 2. The first kappa shape index (κ1) is 16.6. The third-order valence-electron chi connectivity index (χ3n) is 3.00. The third-order valence-corrected chi connectivity index (χ3v) is 3.00. The summed E-state index contributed by atoms with van der Waals surface area (Å²) in [6, 6.07) is 1.04. The molecule has 0 aromatic carbocycles. The summed E-state index contributed by atoms with van der Waals surface area (Å²) in [5, 5.41) is 18.6. The van der Waals surface area contributed by atoms with E-state index >= 15 is 0 Å². The molecular weight excluding hydrogens is 336 g/mol. The minimum atomic E-state index is -2.25. The number of alkyl halides is 1. The number of hydrogen-bond acceptors (Lipinski definition) is 5. The number of aromatic nitrogens is 2. The Labute approximate surface area is 132 Å². The van der Waals surface area contributed by atoms with Crippen molar-refractivity contribution in [2.45, 2.75) is 31.0 Å². The van der Waals surface area contributed by atoms with Gasteiger partial charge in [-0.25, -0.2) is 9.18 Å². The molecule has 19 heavy (non-hydrogen) atoms. The van der Waals surface area contributed by atoms with Crippen molar-refractivity contribution in [1.82, 2.24) is 9.55 Å². The van der Waals surface area contributed by atoms with Crippen LogP contribution in [0.25, 0.3) is 0 Å². The van der Waals surface area contributed by atoms with Gasteiger partial charge >= 0.3 is 5.69 Å². The molecule has 1 aliphatic rings. The molecule has 1 aliphatic heterocycles. The van der Waals surface area contributed by atoms with Gasteiger partial charge in [0.2, 0.25) is 0 Å². The van der Waals surface area contributed by atoms with Gasteiger partial charge in [-0.15, -0.1) is 0 Å². The largest absolute Gasteiger partial charge is 0.394 e. The number of hydrogen-bond donors (Lipinski definition) is 3. The molecule has 1 saturated heterocycles. The van der Waals surface area contributed by atoms with Gasteiger partial charge in [0.25, 0.3) is 5.56 Å². The van der Waals surface area contributed by atoms with Crippen LogP contribution in [0.2, 0.25) is 0 Å². The molecule has 0 bridgehead atoms. The Morgan fingerprint density at radius 1 is 1.58 bits per heavy atom. The van der Waals surface area contributed by atoms with Crippen LogP contribution in [0.15, 0.2) is 21.9 Å². The van der Waals surface area contributed by atoms with Gasteiger partial charge in [0.15, 0.2) is 11.9 Å². The average Bonchev–Trinajstić information content (AvgIpc) is 2.52. The average molecular weight is 349 g/mol. The van der Waals surface area contributed by atoms with Crippen molar-refractivity contribution in [2.24, 2.45) is 0 Å². The monoisotopic (exact) mass is 349 g/mol. The first-order valence-electron chi connectivity index (χ1n) is 5.32. The molecule has 103 valence electrons. The van der Waals surface area contributed by atoms with Crippen molar-refractivity contribution < 1.29 is 52.0 Å². The summed E-state index contributed by atoms with van der Waals surface area (Å²) in [7, 11) is 0. The maximum atomic E-state index is 14.3. The summed E-state index contributed by atoms with van der Waals surface area (Å²) < 4.78 is 20.3. The Morgan fingerprint density at radius 2 is 2.21 bits per heavy atom. The Bertz CT molecular complexity index is 557. The molecule has 3 N–H and O–H groups in total. The standard InChI is InChI=1S/C10H13FN2O5.Y/c1-10(11)7(16)5(4-14)18-8(10)13-3-2-6(15)12-9(13)17;/h2-3,5,7-8,14,16H,4H2,1H3,(H,12,15,17);/t5-,7?,8-,10+;/m1./s1. The van der Waals surface area contributed by atoms with Crippen LogP contribution < -0.4 is 11.2 Å². The normalized spacial score (nSPS) is 34.0. The second-order valence-electron chi connectivity index (χ2n) is 4.32. The van der Waals surface area contributed by atoms with Crippen molar-refractivity contribution in [3.05, 3.63) is 33.1 Å². The van der Waals surface area contributed by atoms with Crippen LogP contribution in [0.3, 0.4) is 0 Å². The Morgan fingerprint density at radius 3 is 2.68 bits per heavy atom. The Hall–Kier alpha value is -0.406. The van der Waals surface area contributed by atoms with E-state index in [9.17, 15) is 19.1 Å². The number of H-pyrrole nitrogens is 1. The minimum Gasteiger partial charge on any atom is -0.394 e. The van der Waals surface area contributed by atoms with Gasteiger partial charge < -0.3 is 14.9 Å². The van der Waals surface area contributed by atoms with E-state index in [1.807, 2.05) is 4.98 Å². The maximum absolute atomic E-state index is 14.3. The minimum absolute atomic E-state index is 0. The molecule has 1 unspecified atom stereocenters. The number of aromatic amines is 1. The molecular formula is C10H13FN2O5Y. The molecule has 0 amide bonds. The number of halogens is 1. The number of nitrogens with zero attached hydrogens (tertiary/aromatic N) is 1. The molecule has 1 aromatic rings. The summed E-state index contributed by atoms with van der Waals surface area (Å²) in [6.07, 6.45) is -3.01. The molecule has 1 radical (unpaired) electrons. The van der Waals surface area contributed by atoms with E-state index in [0.717, 1.165) is 23.8 Å². The molecule has 9 heteroatoms. The van der Waals surface area contributed by atoms with Gasteiger partial charge in [0.1, 0.15) is 12.2 Å². The van der Waals surface area contributed by atoms with E-state index in [1.165, 1.54) is 0 Å². The molecule has 4 atom stereocenters. The number of rotatable bonds is 2. The molecule has 2 heterocycles. The number of nitrogens with one attached hydrogen (secondary N) is 1. The van der Waals surface area contributed by atoms with Gasteiger partial charge in [0, 0.05) is 45.0 Å². The van der Waals surface area contributed by atoms with E-state index in [1.54, 1.807) is 0 Å². The smallest absolute Gasteiger partial charge is 0.330 e. The van der Waals surface area contributed by atoms with Crippen molar-refractivity contribution in [3.63, 3.8) is 0 Å². The topological polar surface area (TPSA) is 105 Å². The molecule has 1 fully saturated rings. The van der Waals surface area contributed by atoms with E-state index in [2.05, 4.69) is 0 Å². The van der Waals surface area contributed by atoms with E-state index in [4.69, 9.17) is 9.84 Å². The first-order valence-corrected chi connectivity index (χ1v) is 5.32. The van der Waals surface area contributed by atoms with Gasteiger partial charge in [-0.3, -0.25) is 14.3 Å². The summed E-state index contributed by atoms with van der Waals surface area (Å²) >= 11 is 0. The Kier molecular flexibility index (Phi) is 5.19. The van der Waals surface area contributed by atoms with Gasteiger partial charge in [-0.2, -0.15) is 0 Å². The van der Waals surface area contributed by atoms with E-state index < -0.39 is 42.0 Å².